The lowest BCUT2D eigenvalue weighted by Crippen LogP contribution is -2.27. The number of nitrogens with zero attached hydrogens (tertiary/aromatic N) is 1. The Balaban J connectivity index is 1.63. The Morgan fingerprint density at radius 3 is 1.86 bits per heavy atom. The average Bonchev–Trinajstić information content (AvgIpc) is 3.27. The largest absolute Gasteiger partial charge is 0.368 e. The van der Waals surface area contributed by atoms with Crippen LogP contribution in [0, 0.1) is 0 Å². The molecule has 2 aromatic carbocycles. The van der Waals surface area contributed by atoms with Crippen molar-refractivity contribution in [2.75, 3.05) is 6.54 Å². The smallest absolute Gasteiger partial charge is 0.0968 e. The van der Waals surface area contributed by atoms with Gasteiger partial charge in [0.2, 0.25) is 0 Å². The predicted molar refractivity (Wildman–Crippen MR) is 90.6 cm³/mol. The zero-order chi connectivity index (χ0) is 15.2. The minimum atomic E-state index is 0.423. The normalized spacial score (nSPS) is 20.3. The van der Waals surface area contributed by atoms with Gasteiger partial charge in [0.25, 0.3) is 0 Å². The van der Waals surface area contributed by atoms with E-state index in [2.05, 4.69) is 72.5 Å². The van der Waals surface area contributed by atoms with Crippen molar-refractivity contribution in [2.45, 2.75) is 45.1 Å². The Labute approximate surface area is 133 Å². The zero-order valence-corrected chi connectivity index (χ0v) is 13.3. The van der Waals surface area contributed by atoms with Crippen LogP contribution in [0.15, 0.2) is 60.7 Å². The Hall–Kier alpha value is -1.64. The van der Waals surface area contributed by atoms with Crippen LogP contribution >= 0.6 is 0 Å². The highest BCUT2D eigenvalue weighted by molar-refractivity contribution is 5.17. The number of hydrogen-bond donors (Lipinski definition) is 0. The molecular weight excluding hydrogens is 270 g/mol. The molecule has 1 saturated heterocycles. The van der Waals surface area contributed by atoms with Gasteiger partial charge in [0.1, 0.15) is 0 Å². The van der Waals surface area contributed by atoms with Crippen molar-refractivity contribution in [3.8, 4) is 0 Å². The van der Waals surface area contributed by atoms with Crippen LogP contribution in [0.2, 0.25) is 0 Å². The van der Waals surface area contributed by atoms with Gasteiger partial charge in [0, 0.05) is 19.6 Å². The third kappa shape index (κ3) is 4.43. The summed E-state index contributed by atoms with van der Waals surface area (Å²) >= 11 is 0. The minimum absolute atomic E-state index is 0.423. The molecule has 0 spiro atoms. The Bertz CT molecular complexity index is 513. The first-order chi connectivity index (χ1) is 10.8. The molecule has 0 radical (unpaired) electrons. The quantitative estimate of drug-likeness (QED) is 0.676. The van der Waals surface area contributed by atoms with Gasteiger partial charge < -0.3 is 4.74 Å². The average molecular weight is 295 g/mol. The summed E-state index contributed by atoms with van der Waals surface area (Å²) < 4.78 is 5.82. The molecule has 0 bridgehead atoms. The maximum absolute atomic E-state index is 5.82. The molecule has 0 saturated carbocycles. The second-order valence-corrected chi connectivity index (χ2v) is 6.14. The van der Waals surface area contributed by atoms with E-state index in [-0.39, 0.29) is 0 Å². The van der Waals surface area contributed by atoms with E-state index in [4.69, 9.17) is 4.74 Å². The van der Waals surface area contributed by atoms with Gasteiger partial charge in [0.05, 0.1) is 12.2 Å². The predicted octanol–water partition coefficient (Wildman–Crippen LogP) is 4.26. The van der Waals surface area contributed by atoms with Crippen molar-refractivity contribution in [3.63, 3.8) is 0 Å². The van der Waals surface area contributed by atoms with E-state index in [0.29, 0.717) is 12.2 Å². The fourth-order valence-corrected chi connectivity index (χ4v) is 3.00. The van der Waals surface area contributed by atoms with Crippen LogP contribution in [0.5, 0.6) is 0 Å². The van der Waals surface area contributed by atoms with E-state index >= 15 is 0 Å². The molecule has 0 N–H and O–H groups in total. The lowest BCUT2D eigenvalue weighted by atomic mass is 10.1. The molecule has 2 heteroatoms. The van der Waals surface area contributed by atoms with Crippen molar-refractivity contribution >= 4 is 0 Å². The first kappa shape index (κ1) is 15.3. The van der Waals surface area contributed by atoms with E-state index in [1.54, 1.807) is 0 Å². The second kappa shape index (κ2) is 7.57. The van der Waals surface area contributed by atoms with E-state index in [1.165, 1.54) is 24.0 Å². The van der Waals surface area contributed by atoms with Gasteiger partial charge in [-0.1, -0.05) is 74.0 Å². The van der Waals surface area contributed by atoms with Gasteiger partial charge in [-0.25, -0.2) is 0 Å². The zero-order valence-electron chi connectivity index (χ0n) is 13.3. The Morgan fingerprint density at radius 2 is 1.36 bits per heavy atom. The number of ether oxygens (including phenoxy) is 1. The lowest BCUT2D eigenvalue weighted by Gasteiger charge is -2.22. The van der Waals surface area contributed by atoms with Crippen LogP contribution in [0.3, 0.4) is 0 Å². The number of benzene rings is 2. The van der Waals surface area contributed by atoms with Crippen LogP contribution in [-0.2, 0) is 17.8 Å². The summed E-state index contributed by atoms with van der Waals surface area (Å²) in [5.74, 6) is 0. The van der Waals surface area contributed by atoms with Gasteiger partial charge in [-0.2, -0.15) is 0 Å². The highest BCUT2D eigenvalue weighted by Crippen LogP contribution is 2.28. The monoisotopic (exact) mass is 295 g/mol. The van der Waals surface area contributed by atoms with Crippen molar-refractivity contribution in [1.82, 2.24) is 4.90 Å². The van der Waals surface area contributed by atoms with Gasteiger partial charge in [-0.05, 0) is 17.5 Å². The number of hydrogen-bond acceptors (Lipinski definition) is 2. The molecule has 1 aliphatic heterocycles. The lowest BCUT2D eigenvalue weighted by molar-refractivity contribution is 0.226. The summed E-state index contributed by atoms with van der Waals surface area (Å²) in [6, 6.07) is 21.4. The number of rotatable bonds is 8. The van der Waals surface area contributed by atoms with Crippen LogP contribution in [0.1, 0.15) is 30.9 Å². The maximum atomic E-state index is 5.82. The summed E-state index contributed by atoms with van der Waals surface area (Å²) in [6.45, 7) is 5.21. The highest BCUT2D eigenvalue weighted by atomic mass is 16.6. The van der Waals surface area contributed by atoms with E-state index in [9.17, 15) is 0 Å². The molecule has 2 atom stereocenters. The Kier molecular flexibility index (Phi) is 5.25. The third-order valence-corrected chi connectivity index (χ3v) is 4.20. The fraction of sp³-hybridized carbons (Fsp3) is 0.400. The topological polar surface area (TPSA) is 15.8 Å². The molecule has 116 valence electrons. The third-order valence-electron chi connectivity index (χ3n) is 4.20. The van der Waals surface area contributed by atoms with E-state index < -0.39 is 0 Å². The van der Waals surface area contributed by atoms with Crippen molar-refractivity contribution in [1.29, 1.82) is 0 Å². The molecule has 0 unspecified atom stereocenters. The fourth-order valence-electron chi connectivity index (χ4n) is 3.00. The van der Waals surface area contributed by atoms with Crippen LogP contribution in [0.25, 0.3) is 0 Å². The summed E-state index contributed by atoms with van der Waals surface area (Å²) in [4.78, 5) is 2.50. The van der Waals surface area contributed by atoms with E-state index in [0.717, 1.165) is 19.6 Å². The van der Waals surface area contributed by atoms with Crippen LogP contribution in [0.4, 0.5) is 0 Å². The van der Waals surface area contributed by atoms with Gasteiger partial charge in [-0.15, -0.1) is 0 Å². The number of epoxide rings is 1. The summed E-state index contributed by atoms with van der Waals surface area (Å²) in [5, 5.41) is 0. The minimum Gasteiger partial charge on any atom is -0.368 e. The SMILES string of the molecule is CCC[C@H]1O[C@@H]1CN(Cc1ccccc1)Cc1ccccc1. The van der Waals surface area contributed by atoms with Crippen LogP contribution in [-0.4, -0.2) is 23.7 Å². The van der Waals surface area contributed by atoms with Crippen molar-refractivity contribution in [2.24, 2.45) is 0 Å². The highest BCUT2D eigenvalue weighted by Gasteiger charge is 2.38. The molecular formula is C20H25NO. The first-order valence-corrected chi connectivity index (χ1v) is 8.31. The van der Waals surface area contributed by atoms with Gasteiger partial charge >= 0.3 is 0 Å². The van der Waals surface area contributed by atoms with E-state index in [1.807, 2.05) is 0 Å². The van der Waals surface area contributed by atoms with Crippen molar-refractivity contribution < 1.29 is 4.74 Å². The first-order valence-electron chi connectivity index (χ1n) is 8.31. The molecule has 3 rings (SSSR count). The molecule has 2 nitrogen and oxygen atoms in total. The summed E-state index contributed by atoms with van der Waals surface area (Å²) in [6.07, 6.45) is 3.31. The molecule has 0 amide bonds. The molecule has 0 aliphatic carbocycles. The molecule has 2 aromatic rings. The van der Waals surface area contributed by atoms with Crippen LogP contribution < -0.4 is 0 Å². The van der Waals surface area contributed by atoms with Gasteiger partial charge in [0.15, 0.2) is 0 Å². The molecule has 22 heavy (non-hydrogen) atoms. The maximum Gasteiger partial charge on any atom is 0.0968 e. The molecule has 1 aliphatic rings. The second-order valence-electron chi connectivity index (χ2n) is 6.14. The Morgan fingerprint density at radius 1 is 0.818 bits per heavy atom. The van der Waals surface area contributed by atoms with Gasteiger partial charge in [-0.3, -0.25) is 4.90 Å². The van der Waals surface area contributed by atoms with Crippen molar-refractivity contribution in [3.05, 3.63) is 71.8 Å². The molecule has 1 heterocycles. The molecule has 1 fully saturated rings. The summed E-state index contributed by atoms with van der Waals surface area (Å²) in [7, 11) is 0. The summed E-state index contributed by atoms with van der Waals surface area (Å²) in [5.41, 5.74) is 2.73. The standard InChI is InChI=1S/C20H25NO/c1-2-9-19-20(22-19)16-21(14-17-10-5-3-6-11-17)15-18-12-7-4-8-13-18/h3-8,10-13,19-20H,2,9,14-16H2,1H3/t19-,20-/m1/s1. The molecule has 0 aromatic heterocycles.